The minimum atomic E-state index is -0.915. The first-order valence-electron chi connectivity index (χ1n) is 5.88. The van der Waals surface area contributed by atoms with Crippen LogP contribution in [0.2, 0.25) is 0 Å². The van der Waals surface area contributed by atoms with Gasteiger partial charge in [-0.25, -0.2) is 14.8 Å². The van der Waals surface area contributed by atoms with Crippen LogP contribution >= 0.6 is 0 Å². The number of hydrogen-bond acceptors (Lipinski definition) is 4. The predicted octanol–water partition coefficient (Wildman–Crippen LogP) is 2.12. The smallest absolute Gasteiger partial charge is 0.335 e. The van der Waals surface area contributed by atoms with Gasteiger partial charge < -0.3 is 10.0 Å². The fourth-order valence-electron chi connectivity index (χ4n) is 1.68. The highest BCUT2D eigenvalue weighted by Gasteiger charge is 2.06. The van der Waals surface area contributed by atoms with Crippen molar-refractivity contribution in [2.75, 3.05) is 11.9 Å². The second-order valence-corrected chi connectivity index (χ2v) is 4.42. The van der Waals surface area contributed by atoms with Crippen molar-refractivity contribution in [3.63, 3.8) is 0 Å². The number of carbonyl (C=O) groups is 1. The van der Waals surface area contributed by atoms with E-state index < -0.39 is 5.97 Å². The van der Waals surface area contributed by atoms with Gasteiger partial charge in [-0.15, -0.1) is 0 Å². The van der Waals surface area contributed by atoms with E-state index in [9.17, 15) is 4.79 Å². The summed E-state index contributed by atoms with van der Waals surface area (Å²) >= 11 is 0. The molecule has 1 aromatic heterocycles. The Morgan fingerprint density at radius 1 is 1.21 bits per heavy atom. The van der Waals surface area contributed by atoms with Crippen LogP contribution in [0.25, 0.3) is 0 Å². The van der Waals surface area contributed by atoms with Crippen LogP contribution < -0.4 is 4.90 Å². The van der Waals surface area contributed by atoms with E-state index in [-0.39, 0.29) is 5.56 Å². The largest absolute Gasteiger partial charge is 0.478 e. The van der Waals surface area contributed by atoms with Gasteiger partial charge in [0.05, 0.1) is 5.56 Å². The number of carboxylic acid groups (broad SMARTS) is 1. The second kappa shape index (κ2) is 5.48. The molecule has 0 aliphatic carbocycles. The van der Waals surface area contributed by atoms with Gasteiger partial charge in [0.15, 0.2) is 0 Å². The zero-order chi connectivity index (χ0) is 13.8. The Labute approximate surface area is 111 Å². The summed E-state index contributed by atoms with van der Waals surface area (Å²) in [6, 6.07) is 6.80. The summed E-state index contributed by atoms with van der Waals surface area (Å²) in [7, 11) is 1.90. The van der Waals surface area contributed by atoms with Crippen LogP contribution in [0.4, 0.5) is 5.95 Å². The monoisotopic (exact) mass is 257 g/mol. The predicted molar refractivity (Wildman–Crippen MR) is 72.3 cm³/mol. The summed E-state index contributed by atoms with van der Waals surface area (Å²) in [6.45, 7) is 2.57. The molecule has 1 aromatic carbocycles. The Morgan fingerprint density at radius 2 is 1.79 bits per heavy atom. The van der Waals surface area contributed by atoms with Crippen molar-refractivity contribution in [2.45, 2.75) is 13.5 Å². The van der Waals surface area contributed by atoms with E-state index in [4.69, 9.17) is 5.11 Å². The molecule has 19 heavy (non-hydrogen) atoms. The van der Waals surface area contributed by atoms with Gasteiger partial charge in [-0.1, -0.05) is 12.1 Å². The lowest BCUT2D eigenvalue weighted by atomic mass is 10.1. The fraction of sp³-hybridized carbons (Fsp3) is 0.214. The highest BCUT2D eigenvalue weighted by Crippen LogP contribution is 2.11. The summed E-state index contributed by atoms with van der Waals surface area (Å²) in [5.41, 5.74) is 2.32. The summed E-state index contributed by atoms with van der Waals surface area (Å²) in [6.07, 6.45) is 3.54. The maximum Gasteiger partial charge on any atom is 0.335 e. The van der Waals surface area contributed by atoms with Crippen LogP contribution in [0, 0.1) is 6.92 Å². The van der Waals surface area contributed by atoms with Gasteiger partial charge in [-0.2, -0.15) is 0 Å². The minimum Gasteiger partial charge on any atom is -0.478 e. The summed E-state index contributed by atoms with van der Waals surface area (Å²) in [5, 5.41) is 8.83. The summed E-state index contributed by atoms with van der Waals surface area (Å²) < 4.78 is 0. The molecule has 0 aliphatic rings. The average molecular weight is 257 g/mol. The van der Waals surface area contributed by atoms with E-state index >= 15 is 0 Å². The molecule has 1 heterocycles. The Morgan fingerprint density at radius 3 is 2.32 bits per heavy atom. The molecule has 5 nitrogen and oxygen atoms in total. The van der Waals surface area contributed by atoms with Gasteiger partial charge in [-0.05, 0) is 30.2 Å². The lowest BCUT2D eigenvalue weighted by Crippen LogP contribution is -2.19. The SMILES string of the molecule is Cc1cnc(N(C)Cc2ccc(C(=O)O)cc2)nc1. The highest BCUT2D eigenvalue weighted by molar-refractivity contribution is 5.87. The zero-order valence-corrected chi connectivity index (χ0v) is 10.9. The third-order valence-corrected chi connectivity index (χ3v) is 2.73. The molecular formula is C14H15N3O2. The van der Waals surface area contributed by atoms with Gasteiger partial charge in [-0.3, -0.25) is 0 Å². The topological polar surface area (TPSA) is 66.3 Å². The normalized spacial score (nSPS) is 10.2. The van der Waals surface area contributed by atoms with Crippen LogP contribution in [0.15, 0.2) is 36.7 Å². The molecule has 98 valence electrons. The maximum atomic E-state index is 10.8. The molecule has 0 saturated heterocycles. The molecule has 0 atom stereocenters. The third kappa shape index (κ3) is 3.28. The van der Waals surface area contributed by atoms with Gasteiger partial charge in [0.2, 0.25) is 5.95 Å². The van der Waals surface area contributed by atoms with Crippen molar-refractivity contribution >= 4 is 11.9 Å². The molecule has 0 spiro atoms. The van der Waals surface area contributed by atoms with Crippen molar-refractivity contribution in [3.05, 3.63) is 53.3 Å². The molecule has 0 radical (unpaired) electrons. The van der Waals surface area contributed by atoms with Crippen molar-refractivity contribution in [3.8, 4) is 0 Å². The number of anilines is 1. The molecule has 0 saturated carbocycles. The van der Waals surface area contributed by atoms with Gasteiger partial charge in [0, 0.05) is 26.0 Å². The van der Waals surface area contributed by atoms with Crippen LogP contribution in [0.5, 0.6) is 0 Å². The van der Waals surface area contributed by atoms with Crippen molar-refractivity contribution in [1.29, 1.82) is 0 Å². The number of aryl methyl sites for hydroxylation is 1. The molecule has 0 aliphatic heterocycles. The number of aromatic carboxylic acids is 1. The molecular weight excluding hydrogens is 242 g/mol. The van der Waals surface area contributed by atoms with Crippen LogP contribution in [0.3, 0.4) is 0 Å². The lowest BCUT2D eigenvalue weighted by Gasteiger charge is -2.16. The first kappa shape index (κ1) is 13.0. The minimum absolute atomic E-state index is 0.290. The number of nitrogens with zero attached hydrogens (tertiary/aromatic N) is 3. The van der Waals surface area contributed by atoms with E-state index in [1.165, 1.54) is 0 Å². The summed E-state index contributed by atoms with van der Waals surface area (Å²) in [5.74, 6) is -0.269. The molecule has 0 bridgehead atoms. The second-order valence-electron chi connectivity index (χ2n) is 4.42. The molecule has 2 aromatic rings. The number of rotatable bonds is 4. The first-order chi connectivity index (χ1) is 9.06. The molecule has 0 amide bonds. The van der Waals surface area contributed by atoms with Gasteiger partial charge >= 0.3 is 5.97 Å². The zero-order valence-electron chi connectivity index (χ0n) is 10.9. The molecule has 2 rings (SSSR count). The lowest BCUT2D eigenvalue weighted by molar-refractivity contribution is 0.0697. The van der Waals surface area contributed by atoms with Gasteiger partial charge in [0.1, 0.15) is 0 Å². The van der Waals surface area contributed by atoms with Crippen molar-refractivity contribution < 1.29 is 9.90 Å². The van der Waals surface area contributed by atoms with Crippen molar-refractivity contribution in [2.24, 2.45) is 0 Å². The van der Waals surface area contributed by atoms with Crippen LogP contribution in [-0.4, -0.2) is 28.1 Å². The number of benzene rings is 1. The Bertz CT molecular complexity index is 564. The van der Waals surface area contributed by atoms with E-state index in [1.807, 2.05) is 18.9 Å². The molecule has 1 N–H and O–H groups in total. The average Bonchev–Trinajstić information content (AvgIpc) is 2.40. The Kier molecular flexibility index (Phi) is 3.75. The molecule has 0 unspecified atom stereocenters. The Balaban J connectivity index is 2.08. The Hall–Kier alpha value is -2.43. The van der Waals surface area contributed by atoms with Crippen LogP contribution in [-0.2, 0) is 6.54 Å². The van der Waals surface area contributed by atoms with E-state index in [1.54, 1.807) is 36.7 Å². The van der Waals surface area contributed by atoms with E-state index in [0.717, 1.165) is 11.1 Å². The fourth-order valence-corrected chi connectivity index (χ4v) is 1.68. The van der Waals surface area contributed by atoms with E-state index in [2.05, 4.69) is 9.97 Å². The number of hydrogen-bond donors (Lipinski definition) is 1. The van der Waals surface area contributed by atoms with Gasteiger partial charge in [0.25, 0.3) is 0 Å². The number of aromatic nitrogens is 2. The number of carboxylic acids is 1. The molecule has 0 fully saturated rings. The van der Waals surface area contributed by atoms with E-state index in [0.29, 0.717) is 12.5 Å². The standard InChI is InChI=1S/C14H15N3O2/c1-10-7-15-14(16-8-10)17(2)9-11-3-5-12(6-4-11)13(18)19/h3-8H,9H2,1-2H3,(H,18,19). The summed E-state index contributed by atoms with van der Waals surface area (Å²) in [4.78, 5) is 21.2. The van der Waals surface area contributed by atoms with Crippen LogP contribution in [0.1, 0.15) is 21.5 Å². The highest BCUT2D eigenvalue weighted by atomic mass is 16.4. The van der Waals surface area contributed by atoms with Crippen molar-refractivity contribution in [1.82, 2.24) is 9.97 Å². The first-order valence-corrected chi connectivity index (χ1v) is 5.88. The quantitative estimate of drug-likeness (QED) is 0.908. The molecule has 5 heteroatoms. The maximum absolute atomic E-state index is 10.8. The third-order valence-electron chi connectivity index (χ3n) is 2.73.